The average Bonchev–Trinajstić information content (AvgIpc) is 1.99. The van der Waals surface area contributed by atoms with Crippen molar-refractivity contribution in [3.8, 4) is 0 Å². The molecule has 0 saturated heterocycles. The van der Waals surface area contributed by atoms with Gasteiger partial charge in [-0.15, -0.1) is 0 Å². The van der Waals surface area contributed by atoms with Crippen molar-refractivity contribution >= 4 is 26.0 Å². The Bertz CT molecular complexity index is 481. The standard InChI is InChI=1S/C7H4BrF3O3S/c8-5-3-4(7(9,10)11)1-2-6(5)15(12,13)14/h1-3H,(H,12,13,14). The van der Waals surface area contributed by atoms with Crippen LogP contribution in [0.2, 0.25) is 0 Å². The second-order valence-corrected chi connectivity index (χ2v) is 4.86. The van der Waals surface area contributed by atoms with E-state index in [2.05, 4.69) is 15.9 Å². The van der Waals surface area contributed by atoms with E-state index in [-0.39, 0.29) is 4.47 Å². The molecule has 8 heteroatoms. The first-order chi connectivity index (χ1) is 6.62. The van der Waals surface area contributed by atoms with Crippen LogP contribution in [-0.2, 0) is 16.3 Å². The highest BCUT2D eigenvalue weighted by molar-refractivity contribution is 9.10. The molecule has 0 aliphatic heterocycles. The van der Waals surface area contributed by atoms with Gasteiger partial charge < -0.3 is 0 Å². The topological polar surface area (TPSA) is 54.4 Å². The van der Waals surface area contributed by atoms with Crippen LogP contribution in [0.5, 0.6) is 0 Å². The van der Waals surface area contributed by atoms with Crippen molar-refractivity contribution in [2.75, 3.05) is 0 Å². The van der Waals surface area contributed by atoms with Crippen molar-refractivity contribution in [3.05, 3.63) is 28.2 Å². The molecule has 1 aromatic carbocycles. The maximum absolute atomic E-state index is 12.2. The number of halogens is 4. The Balaban J connectivity index is 3.34. The third-order valence-corrected chi connectivity index (χ3v) is 3.37. The molecule has 0 heterocycles. The zero-order chi connectivity index (χ0) is 11.9. The Kier molecular flexibility index (Phi) is 3.13. The summed E-state index contributed by atoms with van der Waals surface area (Å²) >= 11 is 2.64. The molecule has 0 aliphatic carbocycles. The molecule has 0 saturated carbocycles. The number of alkyl halides is 3. The van der Waals surface area contributed by atoms with Gasteiger partial charge in [0.2, 0.25) is 0 Å². The Morgan fingerprint density at radius 3 is 2.13 bits per heavy atom. The van der Waals surface area contributed by atoms with Gasteiger partial charge in [0.05, 0.1) is 5.56 Å². The summed E-state index contributed by atoms with van der Waals surface area (Å²) in [6.45, 7) is 0. The summed E-state index contributed by atoms with van der Waals surface area (Å²) in [5.74, 6) is 0. The zero-order valence-electron chi connectivity index (χ0n) is 6.92. The van der Waals surface area contributed by atoms with Gasteiger partial charge in [0.1, 0.15) is 4.90 Å². The van der Waals surface area contributed by atoms with E-state index >= 15 is 0 Å². The van der Waals surface area contributed by atoms with Gasteiger partial charge in [0.25, 0.3) is 10.1 Å². The summed E-state index contributed by atoms with van der Waals surface area (Å²) in [7, 11) is -4.51. The van der Waals surface area contributed by atoms with E-state index < -0.39 is 26.8 Å². The molecular formula is C7H4BrF3O3S. The van der Waals surface area contributed by atoms with Crippen LogP contribution in [0, 0.1) is 0 Å². The minimum atomic E-state index is -4.56. The molecule has 1 rings (SSSR count). The van der Waals surface area contributed by atoms with Gasteiger partial charge in [0.15, 0.2) is 0 Å². The van der Waals surface area contributed by atoms with Crippen LogP contribution in [0.4, 0.5) is 13.2 Å². The number of hydrogen-bond acceptors (Lipinski definition) is 2. The van der Waals surface area contributed by atoms with Crippen molar-refractivity contribution in [1.29, 1.82) is 0 Å². The van der Waals surface area contributed by atoms with Crippen molar-refractivity contribution < 1.29 is 26.1 Å². The molecule has 84 valence electrons. The largest absolute Gasteiger partial charge is 0.416 e. The Morgan fingerprint density at radius 2 is 1.80 bits per heavy atom. The Hall–Kier alpha value is -0.600. The molecule has 0 fully saturated rings. The second kappa shape index (κ2) is 3.76. The lowest BCUT2D eigenvalue weighted by atomic mass is 10.2. The molecule has 0 bridgehead atoms. The minimum absolute atomic E-state index is 0.333. The molecule has 0 spiro atoms. The number of benzene rings is 1. The Labute approximate surface area is 91.8 Å². The lowest BCUT2D eigenvalue weighted by molar-refractivity contribution is -0.137. The van der Waals surface area contributed by atoms with E-state index in [9.17, 15) is 21.6 Å². The van der Waals surface area contributed by atoms with Crippen LogP contribution >= 0.6 is 15.9 Å². The highest BCUT2D eigenvalue weighted by atomic mass is 79.9. The normalized spacial score (nSPS) is 12.9. The molecule has 1 aromatic rings. The summed E-state index contributed by atoms with van der Waals surface area (Å²) in [4.78, 5) is -0.601. The average molecular weight is 305 g/mol. The van der Waals surface area contributed by atoms with E-state index in [4.69, 9.17) is 4.55 Å². The molecule has 15 heavy (non-hydrogen) atoms. The van der Waals surface area contributed by atoms with Gasteiger partial charge in [-0.3, -0.25) is 4.55 Å². The van der Waals surface area contributed by atoms with E-state index in [1.165, 1.54) is 0 Å². The summed E-state index contributed by atoms with van der Waals surface area (Å²) in [6, 6.07) is 1.85. The van der Waals surface area contributed by atoms with Gasteiger partial charge in [-0.1, -0.05) is 0 Å². The monoisotopic (exact) mass is 304 g/mol. The lowest BCUT2D eigenvalue weighted by Gasteiger charge is -2.08. The smallest absolute Gasteiger partial charge is 0.282 e. The van der Waals surface area contributed by atoms with Crippen LogP contribution in [-0.4, -0.2) is 13.0 Å². The van der Waals surface area contributed by atoms with E-state index in [1.807, 2.05) is 0 Å². The van der Waals surface area contributed by atoms with Crippen molar-refractivity contribution in [2.24, 2.45) is 0 Å². The SMILES string of the molecule is O=S(=O)(O)c1ccc(C(F)(F)F)cc1Br. The van der Waals surface area contributed by atoms with E-state index in [1.54, 1.807) is 0 Å². The number of hydrogen-bond donors (Lipinski definition) is 1. The van der Waals surface area contributed by atoms with Gasteiger partial charge in [-0.25, -0.2) is 0 Å². The molecule has 0 unspecified atom stereocenters. The van der Waals surface area contributed by atoms with Gasteiger partial charge in [-0.05, 0) is 34.1 Å². The van der Waals surface area contributed by atoms with Gasteiger partial charge >= 0.3 is 6.18 Å². The van der Waals surface area contributed by atoms with Crippen LogP contribution in [0.15, 0.2) is 27.6 Å². The fraction of sp³-hybridized carbons (Fsp3) is 0.143. The van der Waals surface area contributed by atoms with Crippen LogP contribution in [0.3, 0.4) is 0 Å². The lowest BCUT2D eigenvalue weighted by Crippen LogP contribution is -2.06. The molecule has 1 N–H and O–H groups in total. The van der Waals surface area contributed by atoms with E-state index in [0.29, 0.717) is 18.2 Å². The zero-order valence-corrected chi connectivity index (χ0v) is 9.32. The minimum Gasteiger partial charge on any atom is -0.282 e. The van der Waals surface area contributed by atoms with Crippen molar-refractivity contribution in [1.82, 2.24) is 0 Å². The van der Waals surface area contributed by atoms with Crippen LogP contribution < -0.4 is 0 Å². The predicted octanol–water partition coefficient (Wildman–Crippen LogP) is 2.71. The summed E-state index contributed by atoms with van der Waals surface area (Å²) in [5, 5.41) is 0. The first kappa shape index (κ1) is 12.5. The van der Waals surface area contributed by atoms with Gasteiger partial charge in [0, 0.05) is 4.47 Å². The predicted molar refractivity (Wildman–Crippen MR) is 49.0 cm³/mol. The third kappa shape index (κ3) is 2.93. The van der Waals surface area contributed by atoms with Crippen LogP contribution in [0.25, 0.3) is 0 Å². The fourth-order valence-corrected chi connectivity index (χ4v) is 2.42. The third-order valence-electron chi connectivity index (χ3n) is 1.54. The maximum Gasteiger partial charge on any atom is 0.416 e. The highest BCUT2D eigenvalue weighted by Crippen LogP contribution is 2.33. The quantitative estimate of drug-likeness (QED) is 0.812. The Morgan fingerprint density at radius 1 is 1.27 bits per heavy atom. The highest BCUT2D eigenvalue weighted by Gasteiger charge is 2.31. The van der Waals surface area contributed by atoms with Crippen molar-refractivity contribution in [2.45, 2.75) is 11.1 Å². The van der Waals surface area contributed by atoms with Crippen LogP contribution in [0.1, 0.15) is 5.56 Å². The fourth-order valence-electron chi connectivity index (χ4n) is 0.886. The molecule has 0 aliphatic rings. The first-order valence-electron chi connectivity index (χ1n) is 3.46. The number of rotatable bonds is 1. The summed E-state index contributed by atoms with van der Waals surface area (Å²) < 4.78 is 66.1. The second-order valence-electron chi connectivity index (χ2n) is 2.62. The molecule has 3 nitrogen and oxygen atoms in total. The molecular weight excluding hydrogens is 301 g/mol. The summed E-state index contributed by atoms with van der Waals surface area (Å²) in [5.41, 5.74) is -0.998. The van der Waals surface area contributed by atoms with E-state index in [0.717, 1.165) is 0 Å². The van der Waals surface area contributed by atoms with Gasteiger partial charge in [-0.2, -0.15) is 21.6 Å². The first-order valence-corrected chi connectivity index (χ1v) is 5.70. The molecule has 0 atom stereocenters. The molecule has 0 aromatic heterocycles. The van der Waals surface area contributed by atoms with Crippen molar-refractivity contribution in [3.63, 3.8) is 0 Å². The summed E-state index contributed by atoms with van der Waals surface area (Å²) in [6.07, 6.45) is -4.56. The molecule has 0 radical (unpaired) electrons. The maximum atomic E-state index is 12.2. The molecule has 0 amide bonds.